The lowest BCUT2D eigenvalue weighted by molar-refractivity contribution is 0.0601. The van der Waals surface area contributed by atoms with Crippen molar-refractivity contribution in [2.75, 3.05) is 7.11 Å². The van der Waals surface area contributed by atoms with E-state index in [4.69, 9.17) is 9.62 Å². The average Bonchev–Trinajstić information content (AvgIpc) is 2.87. The Morgan fingerprint density at radius 1 is 1.28 bits per heavy atom. The molecular weight excluding hydrogens is 234 g/mol. The van der Waals surface area contributed by atoms with Crippen LogP contribution in [-0.4, -0.2) is 24.5 Å². The molecule has 0 aliphatic rings. The van der Waals surface area contributed by atoms with Gasteiger partial charge in [0.2, 0.25) is 0 Å². The van der Waals surface area contributed by atoms with Gasteiger partial charge in [-0.05, 0) is 24.3 Å². The maximum Gasteiger partial charge on any atom is 0.337 e. The number of hydrogen-bond donors (Lipinski definition) is 1. The fourth-order valence-electron chi connectivity index (χ4n) is 1.52. The monoisotopic (exact) mass is 245 g/mol. The van der Waals surface area contributed by atoms with E-state index in [1.54, 1.807) is 36.4 Å². The van der Waals surface area contributed by atoms with Crippen molar-refractivity contribution in [3.63, 3.8) is 0 Å². The average molecular weight is 245 g/mol. The van der Waals surface area contributed by atoms with Crippen LogP contribution in [-0.2, 0) is 4.74 Å². The lowest BCUT2D eigenvalue weighted by Crippen LogP contribution is -2.00. The summed E-state index contributed by atoms with van der Waals surface area (Å²) in [4.78, 5) is 11.3. The van der Waals surface area contributed by atoms with E-state index in [1.807, 2.05) is 0 Å². The van der Waals surface area contributed by atoms with Crippen LogP contribution in [0.15, 0.2) is 46.0 Å². The van der Waals surface area contributed by atoms with Gasteiger partial charge in [0.25, 0.3) is 0 Å². The minimum Gasteiger partial charge on any atom is -0.465 e. The van der Waals surface area contributed by atoms with Crippen LogP contribution in [0.4, 0.5) is 0 Å². The molecular formula is C13H11NO4. The molecule has 5 nitrogen and oxygen atoms in total. The topological polar surface area (TPSA) is 72.0 Å². The number of rotatable bonds is 3. The molecule has 0 bridgehead atoms. The number of furan rings is 1. The summed E-state index contributed by atoms with van der Waals surface area (Å²) in [6.45, 7) is 0. The zero-order chi connectivity index (χ0) is 13.0. The molecule has 0 fully saturated rings. The maximum absolute atomic E-state index is 11.3. The number of nitrogens with zero attached hydrogens (tertiary/aromatic N) is 1. The summed E-state index contributed by atoms with van der Waals surface area (Å²) >= 11 is 0. The number of methoxy groups -OCH3 is 1. The number of hydrogen-bond acceptors (Lipinski definition) is 5. The van der Waals surface area contributed by atoms with Gasteiger partial charge in [-0.1, -0.05) is 17.3 Å². The molecule has 0 spiro atoms. The van der Waals surface area contributed by atoms with Gasteiger partial charge in [-0.15, -0.1) is 0 Å². The summed E-state index contributed by atoms with van der Waals surface area (Å²) < 4.78 is 10.0. The third kappa shape index (κ3) is 2.40. The van der Waals surface area contributed by atoms with E-state index in [0.29, 0.717) is 17.1 Å². The second-order valence-electron chi connectivity index (χ2n) is 3.52. The summed E-state index contributed by atoms with van der Waals surface area (Å²) in [5.74, 6) is 0.694. The second kappa shape index (κ2) is 5.18. The predicted octanol–water partition coefficient (Wildman–Crippen LogP) is 2.54. The molecule has 2 aromatic rings. The lowest BCUT2D eigenvalue weighted by atomic mass is 10.1. The van der Waals surface area contributed by atoms with Crippen molar-refractivity contribution in [2.24, 2.45) is 5.16 Å². The fourth-order valence-corrected chi connectivity index (χ4v) is 1.52. The van der Waals surface area contributed by atoms with Crippen LogP contribution in [0, 0.1) is 0 Å². The Bertz CT molecular complexity index is 569. The molecule has 0 atom stereocenters. The predicted molar refractivity (Wildman–Crippen MR) is 64.9 cm³/mol. The van der Waals surface area contributed by atoms with Crippen molar-refractivity contribution in [1.82, 2.24) is 0 Å². The van der Waals surface area contributed by atoms with Crippen LogP contribution in [0.2, 0.25) is 0 Å². The van der Waals surface area contributed by atoms with Crippen molar-refractivity contribution in [3.8, 4) is 11.3 Å². The first kappa shape index (κ1) is 11.9. The van der Waals surface area contributed by atoms with Gasteiger partial charge in [-0.2, -0.15) is 0 Å². The van der Waals surface area contributed by atoms with E-state index < -0.39 is 0 Å². The lowest BCUT2D eigenvalue weighted by Gasteiger charge is -2.00. The molecule has 1 heterocycles. The van der Waals surface area contributed by atoms with E-state index in [9.17, 15) is 4.79 Å². The molecule has 0 aliphatic carbocycles. The van der Waals surface area contributed by atoms with Crippen LogP contribution in [0.3, 0.4) is 0 Å². The van der Waals surface area contributed by atoms with Gasteiger partial charge >= 0.3 is 5.97 Å². The van der Waals surface area contributed by atoms with Gasteiger partial charge in [0.15, 0.2) is 0 Å². The summed E-state index contributed by atoms with van der Waals surface area (Å²) in [5.41, 5.74) is 1.30. The Kier molecular flexibility index (Phi) is 3.43. The molecule has 0 unspecified atom stereocenters. The molecule has 0 aliphatic heterocycles. The normalized spacial score (nSPS) is 10.7. The molecule has 0 saturated carbocycles. The number of carbonyl (C=O) groups excluding carboxylic acids is 1. The van der Waals surface area contributed by atoms with Gasteiger partial charge in [0.05, 0.1) is 12.7 Å². The van der Waals surface area contributed by atoms with Crippen LogP contribution >= 0.6 is 0 Å². The van der Waals surface area contributed by atoms with Crippen LogP contribution < -0.4 is 0 Å². The van der Waals surface area contributed by atoms with Crippen molar-refractivity contribution < 1.29 is 19.2 Å². The largest absolute Gasteiger partial charge is 0.465 e. The number of esters is 1. The standard InChI is InChI=1S/C13H11NO4/c1-17-13(15)10-4-2-9(3-5-10)12-7-6-11(18-12)8-14-16/h2-8,16H,1H3/b14-8-. The minimum atomic E-state index is -0.380. The fraction of sp³-hybridized carbons (Fsp3) is 0.0769. The number of ether oxygens (including phenoxy) is 1. The van der Waals surface area contributed by atoms with E-state index in [2.05, 4.69) is 9.89 Å². The summed E-state index contributed by atoms with van der Waals surface area (Å²) in [5, 5.41) is 11.3. The molecule has 2 rings (SSSR count). The van der Waals surface area contributed by atoms with Gasteiger partial charge in [0.1, 0.15) is 17.7 Å². The van der Waals surface area contributed by atoms with Crippen LogP contribution in [0.5, 0.6) is 0 Å². The molecule has 0 radical (unpaired) electrons. The van der Waals surface area contributed by atoms with Gasteiger partial charge in [-0.3, -0.25) is 0 Å². The van der Waals surface area contributed by atoms with Crippen molar-refractivity contribution in [2.45, 2.75) is 0 Å². The molecule has 5 heteroatoms. The Morgan fingerprint density at radius 3 is 2.61 bits per heavy atom. The summed E-state index contributed by atoms with van der Waals surface area (Å²) in [6, 6.07) is 10.3. The SMILES string of the molecule is COC(=O)c1ccc(-c2ccc(/C=N\O)o2)cc1. The molecule has 0 amide bonds. The van der Waals surface area contributed by atoms with Crippen LogP contribution in [0.25, 0.3) is 11.3 Å². The Morgan fingerprint density at radius 2 is 2.00 bits per heavy atom. The van der Waals surface area contributed by atoms with Crippen molar-refractivity contribution >= 4 is 12.2 Å². The van der Waals surface area contributed by atoms with Crippen LogP contribution in [0.1, 0.15) is 16.1 Å². The third-order valence-corrected chi connectivity index (χ3v) is 2.40. The highest BCUT2D eigenvalue weighted by molar-refractivity contribution is 5.89. The minimum absolute atomic E-state index is 0.380. The number of benzene rings is 1. The first-order valence-corrected chi connectivity index (χ1v) is 5.20. The first-order chi connectivity index (χ1) is 8.74. The third-order valence-electron chi connectivity index (χ3n) is 2.40. The second-order valence-corrected chi connectivity index (χ2v) is 3.52. The Labute approximate surface area is 103 Å². The molecule has 1 N–H and O–H groups in total. The highest BCUT2D eigenvalue weighted by Gasteiger charge is 2.07. The first-order valence-electron chi connectivity index (χ1n) is 5.20. The molecule has 1 aromatic heterocycles. The van der Waals surface area contributed by atoms with E-state index in [1.165, 1.54) is 13.3 Å². The highest BCUT2D eigenvalue weighted by atomic mass is 16.5. The van der Waals surface area contributed by atoms with Crippen molar-refractivity contribution in [3.05, 3.63) is 47.7 Å². The Balaban J connectivity index is 2.25. The van der Waals surface area contributed by atoms with Gasteiger partial charge in [0, 0.05) is 5.56 Å². The van der Waals surface area contributed by atoms with E-state index >= 15 is 0 Å². The molecule has 0 saturated heterocycles. The highest BCUT2D eigenvalue weighted by Crippen LogP contribution is 2.22. The Hall–Kier alpha value is -2.56. The number of oxime groups is 1. The quantitative estimate of drug-likeness (QED) is 0.390. The zero-order valence-corrected chi connectivity index (χ0v) is 9.66. The summed E-state index contributed by atoms with van der Waals surface area (Å²) in [6.07, 6.45) is 1.20. The molecule has 92 valence electrons. The zero-order valence-electron chi connectivity index (χ0n) is 9.66. The van der Waals surface area contributed by atoms with Crippen molar-refractivity contribution in [1.29, 1.82) is 0 Å². The smallest absolute Gasteiger partial charge is 0.337 e. The van der Waals surface area contributed by atoms with Gasteiger partial charge in [-0.25, -0.2) is 4.79 Å². The summed E-state index contributed by atoms with van der Waals surface area (Å²) in [7, 11) is 1.34. The number of carbonyl (C=O) groups is 1. The molecule has 1 aromatic carbocycles. The van der Waals surface area contributed by atoms with E-state index in [0.717, 1.165) is 5.56 Å². The molecule has 18 heavy (non-hydrogen) atoms. The maximum atomic E-state index is 11.3. The van der Waals surface area contributed by atoms with E-state index in [-0.39, 0.29) is 5.97 Å². The van der Waals surface area contributed by atoms with Gasteiger partial charge < -0.3 is 14.4 Å².